The van der Waals surface area contributed by atoms with E-state index < -0.39 is 51.4 Å². The van der Waals surface area contributed by atoms with E-state index in [0.717, 1.165) is 122 Å². The zero-order chi connectivity index (χ0) is 105. The minimum absolute atomic E-state index is 0.0172. The summed E-state index contributed by atoms with van der Waals surface area (Å²) in [6.07, 6.45) is -13.9. The summed E-state index contributed by atoms with van der Waals surface area (Å²) in [5.41, 5.74) is 26.6. The molecular formula is C103H134F12N12O10S. The molecule has 1 atom stereocenters. The molecule has 0 saturated carbocycles. The molecule has 756 valence electrons. The molecule has 2 aliphatic rings. The van der Waals surface area contributed by atoms with Crippen molar-refractivity contribution in [1.82, 2.24) is 9.80 Å². The van der Waals surface area contributed by atoms with Crippen LogP contribution in [0.4, 0.5) is 64.1 Å². The zero-order valence-corrected chi connectivity index (χ0v) is 82.5. The third-order valence-electron chi connectivity index (χ3n) is 20.7. The van der Waals surface area contributed by atoms with Gasteiger partial charge in [-0.25, -0.2) is 13.4 Å². The summed E-state index contributed by atoms with van der Waals surface area (Å²) in [5.74, 6) is 0.0417. The van der Waals surface area contributed by atoms with Crippen LogP contribution in [0.5, 0.6) is 5.75 Å². The molecule has 10 rings (SSSR count). The number of Topliss-reactive ketones (excluding diaryl/α,β-unsaturated/α-hetero) is 5. The van der Waals surface area contributed by atoms with Crippen molar-refractivity contribution in [2.75, 3.05) is 36.8 Å². The number of hydrogen-bond acceptors (Lipinski definition) is 14. The molecule has 2 fully saturated rings. The van der Waals surface area contributed by atoms with E-state index in [9.17, 15) is 94.7 Å². The lowest BCUT2D eigenvalue weighted by Crippen LogP contribution is -2.45. The van der Waals surface area contributed by atoms with E-state index in [2.05, 4.69) is 32.5 Å². The summed E-state index contributed by atoms with van der Waals surface area (Å²) in [7, 11) is -3.09. The topological polar surface area (TPSA) is 381 Å². The fourth-order valence-corrected chi connectivity index (χ4v) is 13.5. The van der Waals surface area contributed by atoms with E-state index in [-0.39, 0.29) is 135 Å². The van der Waals surface area contributed by atoms with Gasteiger partial charge in [-0.3, -0.25) is 44.4 Å². The zero-order valence-electron chi connectivity index (χ0n) is 81.7. The van der Waals surface area contributed by atoms with Gasteiger partial charge in [-0.15, -0.1) is 13.2 Å². The summed E-state index contributed by atoms with van der Waals surface area (Å²) in [6, 6.07) is 51.5. The summed E-state index contributed by atoms with van der Waals surface area (Å²) >= 11 is 0. The molecule has 0 bridgehead atoms. The second-order valence-corrected chi connectivity index (χ2v) is 37.9. The van der Waals surface area contributed by atoms with Crippen LogP contribution >= 0.6 is 0 Å². The van der Waals surface area contributed by atoms with E-state index in [1.165, 1.54) is 48.0 Å². The number of carbonyl (C=O) groups is 7. The van der Waals surface area contributed by atoms with Crippen LogP contribution in [0, 0.1) is 82.3 Å². The molecule has 0 spiro atoms. The largest absolute Gasteiger partial charge is 0.573 e. The minimum atomic E-state index is -4.71. The number of halogens is 12. The number of anilines is 2. The molecule has 2 saturated heterocycles. The Kier molecular flexibility index (Phi) is 50.7. The SMILES string of the molecule is CC(C)C(=N)Cc1cccc(C(F)(F)F)c1.CC(C)C(=O)C1CCCN(C(=N)N)C1.CC(C)C(=O)C1CCN(C(=N)N)CC1.CC(C)C(=O)Nc1ccc(OC(F)(F)F)cc1.CC(C)C(=O)Nc1cccc(C(F)(F)F)c1.CC(C)C(=O)c1ccc(-c2ccccc2)cc1.CC(C)C(=O)c1ccc(CN=C(N)N)cc1.CC(C)C(=O)c1cccc(C(F)(F)F)c1.Cc1ccc(S(=O)(=O)C(C)C)cc1. The van der Waals surface area contributed by atoms with Crippen LogP contribution in [0.25, 0.3) is 11.1 Å². The van der Waals surface area contributed by atoms with Crippen molar-refractivity contribution < 1.29 is 99.4 Å². The van der Waals surface area contributed by atoms with Crippen molar-refractivity contribution >= 4 is 85.5 Å². The summed E-state index contributed by atoms with van der Waals surface area (Å²) in [4.78, 5) is 88.8. The molecule has 2 heterocycles. The molecule has 22 nitrogen and oxygen atoms in total. The monoisotopic (exact) mass is 1960 g/mol. The van der Waals surface area contributed by atoms with Gasteiger partial charge in [-0.05, 0) is 147 Å². The van der Waals surface area contributed by atoms with Crippen LogP contribution < -0.4 is 38.3 Å². The van der Waals surface area contributed by atoms with Crippen molar-refractivity contribution in [2.45, 2.75) is 205 Å². The Hall–Kier alpha value is -12.6. The third kappa shape index (κ3) is 45.6. The van der Waals surface area contributed by atoms with Gasteiger partial charge in [0.25, 0.3) is 0 Å². The standard InChI is InChI=1S/C16H16O.C12H14F3N.C12H17N3O.C11H12F3NO2.C11H12F3NO.C11H11F3O.2C10H19N3O.C10H14O2S/c1-12(2)16(17)15-10-8-14(9-11-15)13-6-4-3-5-7-13;1-8(2)11(16)7-9-4-3-5-10(6-9)12(13,14)15;1-8(2)11(16)10-5-3-9(4-6-10)7-15-12(13)14;1-7(2)10(16)15-8-3-5-9(6-4-8)17-11(12,13)14;1-7(2)10(16)15-9-5-3-4-8(6-9)11(12,13)14;1-7(2)10(15)8-4-3-5-9(6-8)11(12,13)14;1-7(2)9(14)8-3-5-13(6-4-8)10(11)12;1-7(2)9(14)8-4-3-5-13(6-8)10(11)12;1-8(2)13(11,12)10-6-4-9(3)5-7-10/h3-12H,1-2H3;3-6,8,16H,7H2,1-2H3;3-6,8H,7H2,1-2H3,(H4,13,14,15);3-7H,1-2H3,(H,15,16);3-7H,1-2H3,(H,15,16);3-7H,1-2H3;2*7-8H,3-6H2,1-2H3,(H3,11,12);4-8H,1-3H3. The van der Waals surface area contributed by atoms with Crippen LogP contribution in [0.15, 0.2) is 210 Å². The molecule has 138 heavy (non-hydrogen) atoms. The second-order valence-electron chi connectivity index (χ2n) is 35.3. The number of nitrogens with zero attached hydrogens (tertiary/aromatic N) is 3. The van der Waals surface area contributed by atoms with Crippen LogP contribution in [-0.4, -0.2) is 120 Å². The van der Waals surface area contributed by atoms with Gasteiger partial charge in [0.2, 0.25) is 11.8 Å². The van der Waals surface area contributed by atoms with E-state index >= 15 is 0 Å². The van der Waals surface area contributed by atoms with Crippen molar-refractivity contribution in [1.29, 1.82) is 16.2 Å². The minimum Gasteiger partial charge on any atom is -0.406 e. The Labute approximate surface area is 803 Å². The number of rotatable bonds is 23. The van der Waals surface area contributed by atoms with Gasteiger partial charge in [0, 0.05) is 120 Å². The number of hydrogen-bond donors (Lipinski definition) is 9. The maximum Gasteiger partial charge on any atom is 0.573 e. The highest BCUT2D eigenvalue weighted by atomic mass is 32.2. The van der Waals surface area contributed by atoms with Gasteiger partial charge in [0.05, 0.1) is 33.4 Å². The number of benzene rings is 8. The van der Waals surface area contributed by atoms with E-state index in [1.807, 2.05) is 148 Å². The Morgan fingerprint density at radius 1 is 0.420 bits per heavy atom. The molecular weight excluding hydrogens is 1830 g/mol. The van der Waals surface area contributed by atoms with Crippen LogP contribution in [0.3, 0.4) is 0 Å². The maximum absolute atomic E-state index is 12.4. The fraction of sp³-hybridized carbons (Fsp3) is 0.427. The molecule has 8 aromatic rings. The van der Waals surface area contributed by atoms with Gasteiger partial charge < -0.3 is 53.5 Å². The molecule has 13 N–H and O–H groups in total. The predicted octanol–water partition coefficient (Wildman–Crippen LogP) is 23.2. The van der Waals surface area contributed by atoms with Crippen molar-refractivity contribution in [3.05, 3.63) is 250 Å². The van der Waals surface area contributed by atoms with Crippen LogP contribution in [0.1, 0.15) is 215 Å². The first kappa shape index (κ1) is 122. The normalized spacial score (nSPS) is 13.2. The summed E-state index contributed by atoms with van der Waals surface area (Å²) < 4.78 is 174. The first-order chi connectivity index (χ1) is 63.9. The molecule has 2 amide bonds. The average Bonchev–Trinajstić information content (AvgIpc) is 0.837. The van der Waals surface area contributed by atoms with Crippen molar-refractivity contribution in [3.63, 3.8) is 0 Å². The summed E-state index contributed by atoms with van der Waals surface area (Å²) in [5, 5.41) is 26.8. The highest BCUT2D eigenvalue weighted by molar-refractivity contribution is 7.92. The van der Waals surface area contributed by atoms with Crippen LogP contribution in [-0.2, 0) is 60.5 Å². The third-order valence-corrected chi connectivity index (χ3v) is 22.9. The van der Waals surface area contributed by atoms with Gasteiger partial charge in [-0.2, -0.15) is 39.5 Å². The first-order valence-corrected chi connectivity index (χ1v) is 46.5. The Morgan fingerprint density at radius 3 is 1.26 bits per heavy atom. The number of alkyl halides is 12. The van der Waals surface area contributed by atoms with Gasteiger partial charge in [-0.1, -0.05) is 244 Å². The highest BCUT2D eigenvalue weighted by Crippen LogP contribution is 2.34. The van der Waals surface area contributed by atoms with Crippen molar-refractivity contribution in [2.24, 2.45) is 87.1 Å². The summed E-state index contributed by atoms with van der Waals surface area (Å²) in [6.45, 7) is 37.9. The number of piperidine rings is 2. The molecule has 35 heteroatoms. The highest BCUT2D eigenvalue weighted by Gasteiger charge is 2.35. The second kappa shape index (κ2) is 57.6. The number of amides is 2. The number of ether oxygens (including phenoxy) is 1. The number of aliphatic imine (C=N–C) groups is 1. The number of carbonyl (C=O) groups excluding carboxylic acids is 7. The lowest BCUT2D eigenvalue weighted by Gasteiger charge is -2.32. The van der Waals surface area contributed by atoms with E-state index in [1.54, 1.807) is 90.6 Å². The molecule has 2 aliphatic heterocycles. The molecule has 8 aromatic carbocycles. The first-order valence-electron chi connectivity index (χ1n) is 44.9. The van der Waals surface area contributed by atoms with Crippen LogP contribution in [0.2, 0.25) is 0 Å². The number of ketones is 5. The Morgan fingerprint density at radius 2 is 0.841 bits per heavy atom. The Bertz CT molecular complexity index is 5270. The quantitative estimate of drug-likeness (QED) is 0.0124. The predicted molar refractivity (Wildman–Crippen MR) is 522 cm³/mol. The molecule has 0 aromatic heterocycles. The van der Waals surface area contributed by atoms with Gasteiger partial charge in [0.15, 0.2) is 45.1 Å². The number of sulfone groups is 1. The molecule has 0 aliphatic carbocycles. The number of nitrogens with one attached hydrogen (secondary N) is 5. The Balaban J connectivity index is 0.000000526. The molecule has 1 unspecified atom stereocenters. The lowest BCUT2D eigenvalue weighted by molar-refractivity contribution is -0.274. The number of aryl methyl sites for hydroxylation is 1. The average molecular weight is 1960 g/mol. The van der Waals surface area contributed by atoms with E-state index in [0.29, 0.717) is 46.5 Å². The van der Waals surface area contributed by atoms with Crippen molar-refractivity contribution in [3.8, 4) is 16.9 Å². The lowest BCUT2D eigenvalue weighted by atomic mass is 9.87. The fourth-order valence-electron chi connectivity index (χ4n) is 12.4. The maximum atomic E-state index is 12.4. The van der Waals surface area contributed by atoms with Gasteiger partial charge >= 0.3 is 24.9 Å². The number of guanidine groups is 3. The van der Waals surface area contributed by atoms with Gasteiger partial charge in [0.1, 0.15) is 17.3 Å². The smallest absolute Gasteiger partial charge is 0.406 e. The number of nitrogens with two attached hydrogens (primary N) is 4. The molecule has 0 radical (unpaired) electrons. The van der Waals surface area contributed by atoms with E-state index in [4.69, 9.17) is 39.2 Å². The number of likely N-dealkylation sites (tertiary alicyclic amines) is 2.